The van der Waals surface area contributed by atoms with Gasteiger partial charge in [0.25, 0.3) is 11.8 Å². The molecule has 2 aliphatic rings. The third-order valence-corrected chi connectivity index (χ3v) is 6.68. The molecule has 1 saturated heterocycles. The molecule has 1 saturated carbocycles. The zero-order chi connectivity index (χ0) is 24.0. The maximum atomic E-state index is 12.9. The number of rotatable bonds is 9. The van der Waals surface area contributed by atoms with Crippen molar-refractivity contribution in [2.45, 2.75) is 70.9 Å². The van der Waals surface area contributed by atoms with E-state index in [2.05, 4.69) is 31.4 Å². The van der Waals surface area contributed by atoms with Crippen LogP contribution in [0.4, 0.5) is 4.79 Å². The van der Waals surface area contributed by atoms with Crippen LogP contribution in [0.5, 0.6) is 0 Å². The van der Waals surface area contributed by atoms with Gasteiger partial charge in [0, 0.05) is 0 Å². The molecule has 0 aromatic heterocycles. The average molecular weight is 458 g/mol. The van der Waals surface area contributed by atoms with E-state index in [4.69, 9.17) is 4.74 Å². The number of carbonyl (C=O) groups is 4. The van der Waals surface area contributed by atoms with E-state index in [1.54, 1.807) is 0 Å². The van der Waals surface area contributed by atoms with Crippen LogP contribution >= 0.6 is 0 Å². The Kier molecular flexibility index (Phi) is 8.10. The average Bonchev–Trinajstić information content (AvgIpc) is 3.02. The summed E-state index contributed by atoms with van der Waals surface area (Å²) in [5.41, 5.74) is 0.0773. The lowest BCUT2D eigenvalue weighted by atomic mass is 9.75. The van der Waals surface area contributed by atoms with Crippen LogP contribution in [0.3, 0.4) is 0 Å². The first-order valence-corrected chi connectivity index (χ1v) is 11.9. The molecule has 0 radical (unpaired) electrons. The molecule has 0 bridgehead atoms. The minimum atomic E-state index is -0.903. The van der Waals surface area contributed by atoms with Crippen molar-refractivity contribution in [1.29, 1.82) is 0 Å². The van der Waals surface area contributed by atoms with Crippen molar-refractivity contribution in [3.05, 3.63) is 35.9 Å². The molecular weight excluding hydrogens is 422 g/mol. The monoisotopic (exact) mass is 457 g/mol. The quantitative estimate of drug-likeness (QED) is 0.437. The van der Waals surface area contributed by atoms with Gasteiger partial charge in [-0.3, -0.25) is 19.3 Å². The number of hydrogen-bond donors (Lipinski definition) is 2. The maximum absolute atomic E-state index is 12.9. The topological polar surface area (TPSA) is 105 Å². The van der Waals surface area contributed by atoms with E-state index in [1.807, 2.05) is 30.3 Å². The Bertz CT molecular complexity index is 862. The maximum Gasteiger partial charge on any atom is 0.326 e. The molecule has 1 spiro atoms. The fourth-order valence-corrected chi connectivity index (χ4v) is 4.73. The Balaban J connectivity index is 1.51. The highest BCUT2D eigenvalue weighted by molar-refractivity contribution is 6.08. The summed E-state index contributed by atoms with van der Waals surface area (Å²) in [5, 5.41) is 5.71. The summed E-state index contributed by atoms with van der Waals surface area (Å²) in [7, 11) is 0. The van der Waals surface area contributed by atoms with Gasteiger partial charge >= 0.3 is 12.0 Å². The van der Waals surface area contributed by atoms with E-state index in [9.17, 15) is 19.2 Å². The molecule has 2 N–H and O–H groups in total. The first-order valence-electron chi connectivity index (χ1n) is 11.9. The molecule has 1 atom stereocenters. The van der Waals surface area contributed by atoms with E-state index in [0.717, 1.165) is 36.1 Å². The number of carbonyl (C=O) groups excluding carboxylic acids is 4. The number of hydrogen-bond acceptors (Lipinski definition) is 5. The van der Waals surface area contributed by atoms with Crippen molar-refractivity contribution in [3.63, 3.8) is 0 Å². The summed E-state index contributed by atoms with van der Waals surface area (Å²) >= 11 is 0. The molecule has 8 nitrogen and oxygen atoms in total. The third-order valence-electron chi connectivity index (χ3n) is 6.68. The summed E-state index contributed by atoms with van der Waals surface area (Å²) in [4.78, 5) is 51.0. The third kappa shape index (κ3) is 6.12. The largest absolute Gasteiger partial charge is 0.454 e. The molecule has 4 amide bonds. The smallest absolute Gasteiger partial charge is 0.326 e. The van der Waals surface area contributed by atoms with E-state index < -0.39 is 36.6 Å². The second-order valence-corrected chi connectivity index (χ2v) is 9.58. The number of esters is 1. The van der Waals surface area contributed by atoms with E-state index in [1.165, 1.54) is 0 Å². The Morgan fingerprint density at radius 1 is 1.18 bits per heavy atom. The van der Waals surface area contributed by atoms with Crippen LogP contribution in [0.2, 0.25) is 0 Å². The molecule has 180 valence electrons. The highest BCUT2D eigenvalue weighted by Crippen LogP contribution is 2.37. The highest BCUT2D eigenvalue weighted by atomic mass is 16.5. The van der Waals surface area contributed by atoms with Gasteiger partial charge in [-0.2, -0.15) is 0 Å². The lowest BCUT2D eigenvalue weighted by molar-refractivity contribution is -0.151. The number of ether oxygens (including phenoxy) is 1. The number of amides is 4. The van der Waals surface area contributed by atoms with Crippen molar-refractivity contribution < 1.29 is 23.9 Å². The first-order chi connectivity index (χ1) is 15.7. The van der Waals surface area contributed by atoms with E-state index in [0.29, 0.717) is 24.7 Å². The van der Waals surface area contributed by atoms with Crippen molar-refractivity contribution in [2.24, 2.45) is 11.8 Å². The normalized spacial score (nSPS) is 23.5. The van der Waals surface area contributed by atoms with Crippen molar-refractivity contribution in [2.75, 3.05) is 13.2 Å². The SMILES string of the molecule is CCC1CCC2(CC1)NC(=O)N(CC(=O)OCC(=O)NC(CC(C)C)c1ccccc1)C2=O. The summed E-state index contributed by atoms with van der Waals surface area (Å²) in [6.45, 7) is 5.31. The Morgan fingerprint density at radius 3 is 2.45 bits per heavy atom. The van der Waals surface area contributed by atoms with E-state index in [-0.39, 0.29) is 11.9 Å². The molecule has 8 heteroatoms. The van der Waals surface area contributed by atoms with Gasteiger partial charge in [0.15, 0.2) is 6.61 Å². The lowest BCUT2D eigenvalue weighted by Gasteiger charge is -2.34. The van der Waals surface area contributed by atoms with Gasteiger partial charge in [-0.25, -0.2) is 4.79 Å². The van der Waals surface area contributed by atoms with Crippen LogP contribution < -0.4 is 10.6 Å². The van der Waals surface area contributed by atoms with Crippen molar-refractivity contribution >= 4 is 23.8 Å². The van der Waals surface area contributed by atoms with Gasteiger partial charge in [-0.05, 0) is 49.5 Å². The number of nitrogens with zero attached hydrogens (tertiary/aromatic N) is 1. The molecule has 1 heterocycles. The standard InChI is InChI=1S/C25H35N3O5/c1-4-18-10-12-25(13-11-18)23(31)28(24(32)27-25)15-22(30)33-16-21(29)26-20(14-17(2)3)19-8-6-5-7-9-19/h5-9,17-18,20H,4,10-16H2,1-3H3,(H,26,29)(H,27,32). The predicted molar refractivity (Wildman–Crippen MR) is 123 cm³/mol. The predicted octanol–water partition coefficient (Wildman–Crippen LogP) is 3.32. The zero-order valence-corrected chi connectivity index (χ0v) is 19.8. The van der Waals surface area contributed by atoms with Gasteiger partial charge in [-0.15, -0.1) is 0 Å². The molecule has 2 fully saturated rings. The Morgan fingerprint density at radius 2 is 1.85 bits per heavy atom. The summed E-state index contributed by atoms with van der Waals surface area (Å²) < 4.78 is 5.09. The molecule has 33 heavy (non-hydrogen) atoms. The second-order valence-electron chi connectivity index (χ2n) is 9.58. The van der Waals surface area contributed by atoms with Gasteiger partial charge in [0.2, 0.25) is 0 Å². The molecule has 3 rings (SSSR count). The number of benzene rings is 1. The summed E-state index contributed by atoms with van der Waals surface area (Å²) in [6.07, 6.45) is 4.72. The lowest BCUT2D eigenvalue weighted by Crippen LogP contribution is -2.49. The minimum absolute atomic E-state index is 0.193. The van der Waals surface area contributed by atoms with Crippen LogP contribution in [-0.2, 0) is 19.1 Å². The molecule has 1 aromatic rings. The van der Waals surface area contributed by atoms with Crippen molar-refractivity contribution in [1.82, 2.24) is 15.5 Å². The summed E-state index contributed by atoms with van der Waals surface area (Å²) in [6, 6.07) is 8.86. The van der Waals surface area contributed by atoms with Gasteiger partial charge in [0.05, 0.1) is 6.04 Å². The number of imide groups is 1. The second kappa shape index (κ2) is 10.8. The highest BCUT2D eigenvalue weighted by Gasteiger charge is 2.52. The van der Waals surface area contributed by atoms with Crippen LogP contribution in [-0.4, -0.2) is 47.4 Å². The first kappa shape index (κ1) is 24.7. The molecular formula is C25H35N3O5. The summed E-state index contributed by atoms with van der Waals surface area (Å²) in [5.74, 6) is -0.660. The Labute approximate surface area is 195 Å². The van der Waals surface area contributed by atoms with Gasteiger partial charge in [0.1, 0.15) is 12.1 Å². The molecule has 1 unspecified atom stereocenters. The fraction of sp³-hybridized carbons (Fsp3) is 0.600. The zero-order valence-electron chi connectivity index (χ0n) is 19.8. The molecule has 1 aliphatic carbocycles. The molecule has 1 aromatic carbocycles. The van der Waals surface area contributed by atoms with Gasteiger partial charge < -0.3 is 15.4 Å². The number of urea groups is 1. The van der Waals surface area contributed by atoms with Crippen LogP contribution in [0.15, 0.2) is 30.3 Å². The Hall–Kier alpha value is -2.90. The fourth-order valence-electron chi connectivity index (χ4n) is 4.73. The van der Waals surface area contributed by atoms with Crippen LogP contribution in [0.1, 0.15) is 70.9 Å². The van der Waals surface area contributed by atoms with Crippen LogP contribution in [0.25, 0.3) is 0 Å². The van der Waals surface area contributed by atoms with Gasteiger partial charge in [-0.1, -0.05) is 57.5 Å². The molecule has 1 aliphatic heterocycles. The number of nitrogens with one attached hydrogen (secondary N) is 2. The van der Waals surface area contributed by atoms with Crippen molar-refractivity contribution in [3.8, 4) is 0 Å². The minimum Gasteiger partial charge on any atom is -0.454 e. The van der Waals surface area contributed by atoms with E-state index >= 15 is 0 Å². The van der Waals surface area contributed by atoms with Crippen LogP contribution in [0, 0.1) is 11.8 Å².